The van der Waals surface area contributed by atoms with Gasteiger partial charge in [-0.3, -0.25) is 0 Å². The number of rotatable bonds is 4. The highest BCUT2D eigenvalue weighted by molar-refractivity contribution is 8.00. The third kappa shape index (κ3) is 3.23. The van der Waals surface area contributed by atoms with Crippen molar-refractivity contribution in [3.63, 3.8) is 0 Å². The lowest BCUT2D eigenvalue weighted by Crippen LogP contribution is -1.95. The highest BCUT2D eigenvalue weighted by atomic mass is 32.2. The molecule has 0 amide bonds. The molecule has 0 saturated carbocycles. The van der Waals surface area contributed by atoms with Crippen LogP contribution in [0.1, 0.15) is 5.01 Å². The molecule has 0 N–H and O–H groups in total. The number of fused-ring (bicyclic) bond motifs is 1. The van der Waals surface area contributed by atoms with Crippen molar-refractivity contribution in [3.8, 4) is 5.69 Å². The van der Waals surface area contributed by atoms with E-state index in [9.17, 15) is 0 Å². The van der Waals surface area contributed by atoms with Crippen LogP contribution in [0.5, 0.6) is 0 Å². The van der Waals surface area contributed by atoms with E-state index in [1.54, 1.807) is 34.4 Å². The second-order valence-electron chi connectivity index (χ2n) is 4.75. The molecule has 2 aromatic heterocycles. The molecule has 4 aromatic rings. The van der Waals surface area contributed by atoms with Crippen LogP contribution >= 0.6 is 46.7 Å². The van der Waals surface area contributed by atoms with Crippen LogP contribution in [0.4, 0.5) is 0 Å². The lowest BCUT2D eigenvalue weighted by Gasteiger charge is -1.98. The van der Waals surface area contributed by atoms with Crippen LogP contribution in [0.15, 0.2) is 58.9 Å². The summed E-state index contributed by atoms with van der Waals surface area (Å²) in [6, 6.07) is 18.2. The lowest BCUT2D eigenvalue weighted by molar-refractivity contribution is 0.829. The van der Waals surface area contributed by atoms with Gasteiger partial charge in [-0.1, -0.05) is 53.4 Å². The third-order valence-corrected chi connectivity index (χ3v) is 6.78. The fourth-order valence-electron chi connectivity index (χ4n) is 2.16. The van der Waals surface area contributed by atoms with Crippen molar-refractivity contribution < 1.29 is 0 Å². The molecule has 0 unspecified atom stereocenters. The smallest absolute Gasteiger partial charge is 0.184 e. The summed E-state index contributed by atoms with van der Waals surface area (Å²) in [5, 5.41) is 5.73. The Morgan fingerprint density at radius 1 is 1.00 bits per heavy atom. The largest absolute Gasteiger partial charge is 0.240 e. The van der Waals surface area contributed by atoms with Crippen LogP contribution in [0.2, 0.25) is 0 Å². The molecule has 114 valence electrons. The van der Waals surface area contributed by atoms with Gasteiger partial charge in [0.1, 0.15) is 5.01 Å². The van der Waals surface area contributed by atoms with Gasteiger partial charge >= 0.3 is 0 Å². The zero-order valence-electron chi connectivity index (χ0n) is 11.9. The lowest BCUT2D eigenvalue weighted by atomic mass is 10.3. The van der Waals surface area contributed by atoms with Gasteiger partial charge in [-0.25, -0.2) is 9.67 Å². The molecule has 3 nitrogen and oxygen atoms in total. The minimum Gasteiger partial charge on any atom is -0.240 e. The molecular weight excluding hydrogens is 362 g/mol. The van der Waals surface area contributed by atoms with E-state index in [4.69, 9.17) is 12.2 Å². The minimum atomic E-state index is 0.767. The van der Waals surface area contributed by atoms with E-state index in [1.165, 1.54) is 4.70 Å². The van der Waals surface area contributed by atoms with E-state index < -0.39 is 0 Å². The Labute approximate surface area is 150 Å². The molecule has 0 bridgehead atoms. The first kappa shape index (κ1) is 15.0. The standard InChI is InChI=1S/C16H11N3S4/c20-16-19(11-6-2-1-3-7-11)18-15(23-16)21-10-14-17-12-8-4-5-9-13(12)22-14/h1-9H,10H2. The van der Waals surface area contributed by atoms with Crippen molar-refractivity contribution in [2.24, 2.45) is 0 Å². The van der Waals surface area contributed by atoms with Crippen LogP contribution in [0, 0.1) is 3.95 Å². The first-order valence-corrected chi connectivity index (χ1v) is 9.95. The topological polar surface area (TPSA) is 30.7 Å². The molecule has 23 heavy (non-hydrogen) atoms. The number of aromatic nitrogens is 3. The molecule has 2 aromatic carbocycles. The number of nitrogens with zero attached hydrogens (tertiary/aromatic N) is 3. The predicted octanol–water partition coefficient (Wildman–Crippen LogP) is 5.57. The molecule has 0 aliphatic carbocycles. The number of para-hydroxylation sites is 2. The maximum Gasteiger partial charge on any atom is 0.184 e. The van der Waals surface area contributed by atoms with Crippen LogP contribution in [-0.4, -0.2) is 14.8 Å². The Kier molecular flexibility index (Phi) is 4.26. The van der Waals surface area contributed by atoms with Gasteiger partial charge in [0.15, 0.2) is 8.29 Å². The summed E-state index contributed by atoms with van der Waals surface area (Å²) in [4.78, 5) is 4.66. The average molecular weight is 374 g/mol. The Hall–Kier alpha value is -1.54. The fraction of sp³-hybridized carbons (Fsp3) is 0.0625. The van der Waals surface area contributed by atoms with Crippen LogP contribution < -0.4 is 0 Å². The van der Waals surface area contributed by atoms with Crippen LogP contribution in [0.25, 0.3) is 15.9 Å². The average Bonchev–Trinajstić information content (AvgIpc) is 3.16. The zero-order valence-corrected chi connectivity index (χ0v) is 15.1. The van der Waals surface area contributed by atoms with Crippen LogP contribution in [0.3, 0.4) is 0 Å². The summed E-state index contributed by atoms with van der Waals surface area (Å²) >= 11 is 10.4. The summed E-state index contributed by atoms with van der Waals surface area (Å²) in [6.45, 7) is 0. The van der Waals surface area contributed by atoms with Crippen molar-refractivity contribution in [3.05, 3.63) is 63.6 Å². The fourth-order valence-corrected chi connectivity index (χ4v) is 5.48. The van der Waals surface area contributed by atoms with Gasteiger partial charge in [-0.05, 0) is 36.5 Å². The minimum absolute atomic E-state index is 0.767. The van der Waals surface area contributed by atoms with Crippen LogP contribution in [-0.2, 0) is 5.75 Å². The Balaban J connectivity index is 1.54. The number of thioether (sulfide) groups is 1. The second kappa shape index (κ2) is 6.52. The van der Waals surface area contributed by atoms with Crippen molar-refractivity contribution >= 4 is 56.9 Å². The quantitative estimate of drug-likeness (QED) is 0.346. The van der Waals surface area contributed by atoms with E-state index in [-0.39, 0.29) is 0 Å². The van der Waals surface area contributed by atoms with Crippen molar-refractivity contribution in [2.45, 2.75) is 10.1 Å². The van der Waals surface area contributed by atoms with E-state index in [1.807, 2.05) is 53.2 Å². The van der Waals surface area contributed by atoms with Crippen molar-refractivity contribution in [2.75, 3.05) is 0 Å². The number of thiazole rings is 1. The summed E-state index contributed by atoms with van der Waals surface area (Å²) in [7, 11) is 0. The summed E-state index contributed by atoms with van der Waals surface area (Å²) in [5.41, 5.74) is 2.07. The molecule has 0 saturated heterocycles. The Morgan fingerprint density at radius 3 is 2.61 bits per heavy atom. The maximum absolute atomic E-state index is 5.43. The highest BCUT2D eigenvalue weighted by Gasteiger charge is 2.09. The molecule has 4 rings (SSSR count). The van der Waals surface area contributed by atoms with Gasteiger partial charge in [0.25, 0.3) is 0 Å². The predicted molar refractivity (Wildman–Crippen MR) is 101 cm³/mol. The van der Waals surface area contributed by atoms with Crippen molar-refractivity contribution in [1.29, 1.82) is 0 Å². The van der Waals surface area contributed by atoms with Gasteiger partial charge in [-0.2, -0.15) is 0 Å². The summed E-state index contributed by atoms with van der Waals surface area (Å²) in [5.74, 6) is 0.816. The van der Waals surface area contributed by atoms with E-state index >= 15 is 0 Å². The second-order valence-corrected chi connectivity index (χ2v) is 8.71. The maximum atomic E-state index is 5.43. The van der Waals surface area contributed by atoms with E-state index in [0.717, 1.165) is 30.3 Å². The summed E-state index contributed by atoms with van der Waals surface area (Å²) < 4.78 is 4.78. The molecular formula is C16H11N3S4. The van der Waals surface area contributed by atoms with E-state index in [2.05, 4.69) is 16.1 Å². The molecule has 0 aliphatic heterocycles. The molecule has 0 spiro atoms. The molecule has 0 radical (unpaired) electrons. The van der Waals surface area contributed by atoms with Gasteiger partial charge < -0.3 is 0 Å². The highest BCUT2D eigenvalue weighted by Crippen LogP contribution is 2.30. The normalized spacial score (nSPS) is 11.1. The Bertz CT molecular complexity index is 968. The Morgan fingerprint density at radius 2 is 1.78 bits per heavy atom. The molecule has 7 heteroatoms. The summed E-state index contributed by atoms with van der Waals surface area (Å²) in [6.07, 6.45) is 0. The first-order valence-electron chi connectivity index (χ1n) is 6.92. The van der Waals surface area contributed by atoms with Gasteiger partial charge in [-0.15, -0.1) is 16.4 Å². The molecule has 0 atom stereocenters. The number of hydrogen-bond acceptors (Lipinski definition) is 6. The first-order chi connectivity index (χ1) is 11.3. The number of benzene rings is 2. The van der Waals surface area contributed by atoms with Crippen molar-refractivity contribution in [1.82, 2.24) is 14.8 Å². The van der Waals surface area contributed by atoms with Gasteiger partial charge in [0.05, 0.1) is 21.7 Å². The number of hydrogen-bond donors (Lipinski definition) is 0. The molecule has 0 aliphatic rings. The SMILES string of the molecule is S=c1sc(SCc2nc3ccccc3s2)nn1-c1ccccc1. The zero-order chi connectivity index (χ0) is 15.6. The molecule has 2 heterocycles. The van der Waals surface area contributed by atoms with E-state index in [0.29, 0.717) is 0 Å². The molecule has 0 fully saturated rings. The third-order valence-electron chi connectivity index (χ3n) is 3.19. The van der Waals surface area contributed by atoms with Gasteiger partial charge in [0, 0.05) is 0 Å². The van der Waals surface area contributed by atoms with Gasteiger partial charge in [0.2, 0.25) is 0 Å². The monoisotopic (exact) mass is 373 g/mol.